The molecule has 0 saturated heterocycles. The van der Waals surface area contributed by atoms with Gasteiger partial charge in [0.05, 0.1) is 4.92 Å². The number of hydrogen-bond acceptors (Lipinski definition) is 7. The maximum atomic E-state index is 11.0. The molecule has 0 spiro atoms. The van der Waals surface area contributed by atoms with Crippen molar-refractivity contribution in [2.45, 2.75) is 38.8 Å². The minimum atomic E-state index is -0.569. The van der Waals surface area contributed by atoms with E-state index in [-0.39, 0.29) is 23.4 Å². The Kier molecular flexibility index (Phi) is 3.17. The fraction of sp³-hybridized carbons (Fsp3) is 0.600. The predicted octanol–water partition coefficient (Wildman–Crippen LogP) is 1.36. The molecule has 4 N–H and O–H groups in total. The number of hydrogen-bond donors (Lipinski definition) is 3. The van der Waals surface area contributed by atoms with Crippen LogP contribution < -0.4 is 16.4 Å². The van der Waals surface area contributed by atoms with Gasteiger partial charge in [0.15, 0.2) is 0 Å². The largest absolute Gasteiger partial charge is 0.378 e. The number of nitro groups is 1. The molecule has 2 rings (SSSR count). The van der Waals surface area contributed by atoms with Gasteiger partial charge in [-0.15, -0.1) is 0 Å². The van der Waals surface area contributed by atoms with E-state index in [4.69, 9.17) is 5.73 Å². The molecule has 1 aliphatic carbocycles. The molecule has 0 radical (unpaired) electrons. The number of aromatic nitrogens is 2. The quantitative estimate of drug-likeness (QED) is 0.534. The monoisotopic (exact) mass is 252 g/mol. The molecule has 0 unspecified atom stereocenters. The van der Waals surface area contributed by atoms with Crippen LogP contribution >= 0.6 is 0 Å². The number of nitrogens with one attached hydrogen (secondary N) is 2. The molecule has 1 heterocycles. The number of anilines is 3. The molecular formula is C10H16N6O2. The molecule has 1 saturated carbocycles. The first-order chi connectivity index (χ1) is 8.47. The van der Waals surface area contributed by atoms with Crippen molar-refractivity contribution >= 4 is 23.3 Å². The smallest absolute Gasteiger partial charge is 0.353 e. The van der Waals surface area contributed by atoms with Gasteiger partial charge >= 0.3 is 5.69 Å². The van der Waals surface area contributed by atoms with Crippen LogP contribution in [-0.2, 0) is 0 Å². The zero-order valence-corrected chi connectivity index (χ0v) is 10.3. The normalized spacial score (nSPS) is 14.6. The third-order valence-corrected chi connectivity index (χ3v) is 2.43. The second-order valence-corrected chi connectivity index (χ2v) is 4.60. The Morgan fingerprint density at radius 2 is 2.11 bits per heavy atom. The third-order valence-electron chi connectivity index (χ3n) is 2.43. The Bertz CT molecular complexity index is 472. The van der Waals surface area contributed by atoms with E-state index in [2.05, 4.69) is 20.6 Å². The lowest BCUT2D eigenvalue weighted by Crippen LogP contribution is -2.16. The van der Waals surface area contributed by atoms with Gasteiger partial charge in [0.25, 0.3) is 0 Å². The van der Waals surface area contributed by atoms with Gasteiger partial charge in [0, 0.05) is 12.1 Å². The first-order valence-corrected chi connectivity index (χ1v) is 5.82. The van der Waals surface area contributed by atoms with E-state index in [9.17, 15) is 10.1 Å². The summed E-state index contributed by atoms with van der Waals surface area (Å²) >= 11 is 0. The van der Waals surface area contributed by atoms with Gasteiger partial charge in [-0.3, -0.25) is 10.1 Å². The van der Waals surface area contributed by atoms with Crippen LogP contribution in [0.1, 0.15) is 26.7 Å². The van der Waals surface area contributed by atoms with Crippen LogP contribution in [0.2, 0.25) is 0 Å². The van der Waals surface area contributed by atoms with Gasteiger partial charge in [-0.05, 0) is 26.7 Å². The summed E-state index contributed by atoms with van der Waals surface area (Å²) in [5.41, 5.74) is 5.35. The molecule has 8 nitrogen and oxygen atoms in total. The second-order valence-electron chi connectivity index (χ2n) is 4.60. The van der Waals surface area contributed by atoms with Crippen molar-refractivity contribution in [2.75, 3.05) is 16.4 Å². The first kappa shape index (κ1) is 12.3. The SMILES string of the molecule is CC(C)Nc1nc(NC2CC2)nc(N)c1[N+](=O)[O-]. The molecule has 0 bridgehead atoms. The van der Waals surface area contributed by atoms with Gasteiger partial charge in [-0.1, -0.05) is 0 Å². The van der Waals surface area contributed by atoms with E-state index < -0.39 is 4.92 Å². The van der Waals surface area contributed by atoms with Gasteiger partial charge < -0.3 is 16.4 Å². The van der Waals surface area contributed by atoms with Gasteiger partial charge in [-0.2, -0.15) is 9.97 Å². The summed E-state index contributed by atoms with van der Waals surface area (Å²) in [4.78, 5) is 18.4. The van der Waals surface area contributed by atoms with Gasteiger partial charge in [0.2, 0.25) is 17.6 Å². The first-order valence-electron chi connectivity index (χ1n) is 5.82. The molecule has 1 aromatic rings. The average molecular weight is 252 g/mol. The van der Waals surface area contributed by atoms with E-state index >= 15 is 0 Å². The van der Waals surface area contributed by atoms with Crippen LogP contribution in [0.25, 0.3) is 0 Å². The summed E-state index contributed by atoms with van der Waals surface area (Å²) in [5.74, 6) is 0.371. The summed E-state index contributed by atoms with van der Waals surface area (Å²) in [6, 6.07) is 0.379. The van der Waals surface area contributed by atoms with Crippen LogP contribution in [0.15, 0.2) is 0 Å². The molecule has 0 aromatic carbocycles. The fourth-order valence-electron chi connectivity index (χ4n) is 1.50. The average Bonchev–Trinajstić information content (AvgIpc) is 2.98. The minimum Gasteiger partial charge on any atom is -0.378 e. The topological polar surface area (TPSA) is 119 Å². The van der Waals surface area contributed by atoms with Crippen molar-refractivity contribution in [1.29, 1.82) is 0 Å². The van der Waals surface area contributed by atoms with Crippen molar-refractivity contribution < 1.29 is 4.92 Å². The Hall–Kier alpha value is -2.12. The van der Waals surface area contributed by atoms with Crippen molar-refractivity contribution in [3.05, 3.63) is 10.1 Å². The Morgan fingerprint density at radius 1 is 1.44 bits per heavy atom. The summed E-state index contributed by atoms with van der Waals surface area (Å²) in [5, 5.41) is 16.9. The molecule has 1 fully saturated rings. The Morgan fingerprint density at radius 3 is 2.61 bits per heavy atom. The van der Waals surface area contributed by atoms with Crippen LogP contribution in [0.4, 0.5) is 23.3 Å². The molecule has 8 heteroatoms. The number of nitrogens with two attached hydrogens (primary N) is 1. The zero-order chi connectivity index (χ0) is 13.3. The maximum absolute atomic E-state index is 11.0. The van der Waals surface area contributed by atoms with Crippen LogP contribution in [-0.4, -0.2) is 27.0 Å². The van der Waals surface area contributed by atoms with E-state index in [1.165, 1.54) is 0 Å². The van der Waals surface area contributed by atoms with E-state index in [1.807, 2.05) is 13.8 Å². The van der Waals surface area contributed by atoms with Gasteiger partial charge in [-0.25, -0.2) is 0 Å². The number of nitrogens with zero attached hydrogens (tertiary/aromatic N) is 3. The van der Waals surface area contributed by atoms with Crippen molar-refractivity contribution in [1.82, 2.24) is 9.97 Å². The highest BCUT2D eigenvalue weighted by molar-refractivity contribution is 5.70. The molecule has 0 amide bonds. The lowest BCUT2D eigenvalue weighted by Gasteiger charge is -2.12. The van der Waals surface area contributed by atoms with Crippen molar-refractivity contribution in [2.24, 2.45) is 0 Å². The Labute approximate surface area is 104 Å². The zero-order valence-electron chi connectivity index (χ0n) is 10.3. The molecule has 0 atom stereocenters. The lowest BCUT2D eigenvalue weighted by molar-refractivity contribution is -0.383. The molecule has 18 heavy (non-hydrogen) atoms. The van der Waals surface area contributed by atoms with E-state index in [1.54, 1.807) is 0 Å². The third kappa shape index (κ3) is 2.76. The van der Waals surface area contributed by atoms with Crippen molar-refractivity contribution in [3.63, 3.8) is 0 Å². The lowest BCUT2D eigenvalue weighted by atomic mass is 10.3. The summed E-state index contributed by atoms with van der Waals surface area (Å²) in [6.07, 6.45) is 2.13. The summed E-state index contributed by atoms with van der Waals surface area (Å²) in [7, 11) is 0. The second kappa shape index (κ2) is 4.63. The highest BCUT2D eigenvalue weighted by Crippen LogP contribution is 2.31. The molecule has 1 aromatic heterocycles. The van der Waals surface area contributed by atoms with Crippen LogP contribution in [0, 0.1) is 10.1 Å². The highest BCUT2D eigenvalue weighted by Gasteiger charge is 2.26. The van der Waals surface area contributed by atoms with E-state index in [0.717, 1.165) is 12.8 Å². The van der Waals surface area contributed by atoms with Crippen LogP contribution in [0.5, 0.6) is 0 Å². The maximum Gasteiger partial charge on any atom is 0.353 e. The van der Waals surface area contributed by atoms with E-state index in [0.29, 0.717) is 12.0 Å². The Balaban J connectivity index is 2.35. The molecule has 0 aliphatic heterocycles. The van der Waals surface area contributed by atoms with Crippen molar-refractivity contribution in [3.8, 4) is 0 Å². The fourth-order valence-corrected chi connectivity index (χ4v) is 1.50. The molecule has 98 valence electrons. The summed E-state index contributed by atoms with van der Waals surface area (Å²) < 4.78 is 0. The highest BCUT2D eigenvalue weighted by atomic mass is 16.6. The summed E-state index contributed by atoms with van der Waals surface area (Å²) in [6.45, 7) is 3.74. The number of nitrogen functional groups attached to an aromatic ring is 1. The van der Waals surface area contributed by atoms with Crippen LogP contribution in [0.3, 0.4) is 0 Å². The van der Waals surface area contributed by atoms with Gasteiger partial charge in [0.1, 0.15) is 0 Å². The standard InChI is InChI=1S/C10H16N6O2/c1-5(2)12-9-7(16(17)18)8(11)14-10(15-9)13-6-3-4-6/h5-6H,3-4H2,1-2H3,(H4,11,12,13,14,15). The molecule has 1 aliphatic rings. The number of rotatable bonds is 5. The minimum absolute atomic E-state index is 0.0202. The molecular weight excluding hydrogens is 236 g/mol. The predicted molar refractivity (Wildman–Crippen MR) is 68.5 cm³/mol.